The van der Waals surface area contributed by atoms with Gasteiger partial charge in [0.25, 0.3) is 0 Å². The van der Waals surface area contributed by atoms with Gasteiger partial charge in [0, 0.05) is 23.9 Å². The fourth-order valence-corrected chi connectivity index (χ4v) is 3.01. The van der Waals surface area contributed by atoms with Crippen LogP contribution in [0.1, 0.15) is 36.3 Å². The lowest BCUT2D eigenvalue weighted by Gasteiger charge is -2.16. The molecule has 2 aromatic rings. The fourth-order valence-electron chi connectivity index (χ4n) is 2.23. The molecule has 0 saturated heterocycles. The number of aliphatic imine (C=N–C) groups is 1. The number of aliphatic hydroxyl groups excluding tert-OH is 1. The summed E-state index contributed by atoms with van der Waals surface area (Å²) < 4.78 is 12.9. The van der Waals surface area contributed by atoms with E-state index in [0.717, 1.165) is 6.54 Å². The molecule has 25 heavy (non-hydrogen) atoms. The van der Waals surface area contributed by atoms with E-state index in [-0.39, 0.29) is 29.8 Å². The monoisotopic (exact) mass is 477 g/mol. The maximum atomic E-state index is 12.9. The van der Waals surface area contributed by atoms with E-state index in [4.69, 9.17) is 0 Å². The third kappa shape index (κ3) is 7.29. The van der Waals surface area contributed by atoms with Crippen LogP contribution in [0.5, 0.6) is 0 Å². The van der Waals surface area contributed by atoms with Crippen LogP contribution in [-0.4, -0.2) is 30.7 Å². The SMILES string of the molecule is CCNC(=NCC(C)c1cccs1)NCC(O)c1ccc(F)cc1.I. The summed E-state index contributed by atoms with van der Waals surface area (Å²) in [7, 11) is 0. The summed E-state index contributed by atoms with van der Waals surface area (Å²) in [6.45, 7) is 5.86. The molecule has 0 fully saturated rings. The van der Waals surface area contributed by atoms with Crippen LogP contribution in [0, 0.1) is 5.82 Å². The van der Waals surface area contributed by atoms with E-state index in [1.165, 1.54) is 17.0 Å². The molecule has 0 radical (unpaired) electrons. The number of nitrogens with one attached hydrogen (secondary N) is 2. The number of nitrogens with zero attached hydrogens (tertiary/aromatic N) is 1. The quantitative estimate of drug-likeness (QED) is 0.322. The first kappa shape index (κ1) is 21.9. The number of benzene rings is 1. The first-order valence-corrected chi connectivity index (χ1v) is 8.97. The predicted molar refractivity (Wildman–Crippen MR) is 113 cm³/mol. The second-order valence-electron chi connectivity index (χ2n) is 5.58. The van der Waals surface area contributed by atoms with Gasteiger partial charge in [-0.3, -0.25) is 4.99 Å². The molecule has 0 saturated carbocycles. The van der Waals surface area contributed by atoms with Crippen molar-refractivity contribution in [2.75, 3.05) is 19.6 Å². The highest BCUT2D eigenvalue weighted by Crippen LogP contribution is 2.20. The topological polar surface area (TPSA) is 56.7 Å². The molecule has 0 aliphatic carbocycles. The summed E-state index contributed by atoms with van der Waals surface area (Å²) in [4.78, 5) is 5.89. The van der Waals surface area contributed by atoms with Crippen LogP contribution in [0.2, 0.25) is 0 Å². The minimum atomic E-state index is -0.718. The summed E-state index contributed by atoms with van der Waals surface area (Å²) in [5.74, 6) is 0.709. The zero-order valence-electron chi connectivity index (χ0n) is 14.4. The van der Waals surface area contributed by atoms with Gasteiger partial charge >= 0.3 is 0 Å². The van der Waals surface area contributed by atoms with Gasteiger partial charge in [-0.05, 0) is 36.1 Å². The van der Waals surface area contributed by atoms with Crippen LogP contribution in [0.15, 0.2) is 46.8 Å². The second-order valence-corrected chi connectivity index (χ2v) is 6.56. The predicted octanol–water partition coefficient (Wildman–Crippen LogP) is 3.90. The molecule has 0 amide bonds. The van der Waals surface area contributed by atoms with Crippen molar-refractivity contribution in [3.05, 3.63) is 58.0 Å². The third-order valence-corrected chi connectivity index (χ3v) is 4.72. The van der Waals surface area contributed by atoms with Gasteiger partial charge in [0.05, 0.1) is 12.6 Å². The van der Waals surface area contributed by atoms with Crippen LogP contribution in [0.3, 0.4) is 0 Å². The molecule has 138 valence electrons. The van der Waals surface area contributed by atoms with E-state index in [1.54, 1.807) is 23.5 Å². The molecular formula is C18H25FIN3OS. The maximum Gasteiger partial charge on any atom is 0.191 e. The van der Waals surface area contributed by atoms with E-state index in [9.17, 15) is 9.50 Å². The number of rotatable bonds is 7. The van der Waals surface area contributed by atoms with Crippen LogP contribution < -0.4 is 10.6 Å². The van der Waals surface area contributed by atoms with Gasteiger partial charge in [0.15, 0.2) is 5.96 Å². The Hall–Kier alpha value is -1.19. The van der Waals surface area contributed by atoms with Crippen molar-refractivity contribution >= 4 is 41.3 Å². The Morgan fingerprint density at radius 3 is 2.56 bits per heavy atom. The molecule has 2 rings (SSSR count). The average molecular weight is 477 g/mol. The van der Waals surface area contributed by atoms with Gasteiger partial charge in [-0.25, -0.2) is 4.39 Å². The number of guanidine groups is 1. The van der Waals surface area contributed by atoms with Crippen molar-refractivity contribution in [2.24, 2.45) is 4.99 Å². The van der Waals surface area contributed by atoms with Crippen molar-refractivity contribution in [3.63, 3.8) is 0 Å². The summed E-state index contributed by atoms with van der Waals surface area (Å²) in [5.41, 5.74) is 0.673. The number of aliphatic hydroxyl groups is 1. The first-order chi connectivity index (χ1) is 11.6. The molecule has 0 aliphatic rings. The Morgan fingerprint density at radius 1 is 1.24 bits per heavy atom. The van der Waals surface area contributed by atoms with Gasteiger partial charge < -0.3 is 15.7 Å². The molecule has 1 aromatic carbocycles. The number of hydrogen-bond acceptors (Lipinski definition) is 3. The third-order valence-electron chi connectivity index (χ3n) is 3.61. The zero-order chi connectivity index (χ0) is 17.4. The van der Waals surface area contributed by atoms with Crippen LogP contribution in [0.25, 0.3) is 0 Å². The van der Waals surface area contributed by atoms with E-state index in [1.807, 2.05) is 13.0 Å². The molecule has 0 bridgehead atoms. The molecule has 7 heteroatoms. The molecular weight excluding hydrogens is 452 g/mol. The van der Waals surface area contributed by atoms with Crippen molar-refractivity contribution in [3.8, 4) is 0 Å². The van der Waals surface area contributed by atoms with Gasteiger partial charge in [0.1, 0.15) is 5.82 Å². The molecule has 3 N–H and O–H groups in total. The number of hydrogen-bond donors (Lipinski definition) is 3. The average Bonchev–Trinajstić information content (AvgIpc) is 3.12. The Balaban J connectivity index is 0.00000312. The van der Waals surface area contributed by atoms with E-state index in [0.29, 0.717) is 30.5 Å². The number of thiophene rings is 1. The van der Waals surface area contributed by atoms with Crippen LogP contribution in [-0.2, 0) is 0 Å². The van der Waals surface area contributed by atoms with Crippen molar-refractivity contribution in [1.82, 2.24) is 10.6 Å². The molecule has 2 atom stereocenters. The molecule has 1 aromatic heterocycles. The Labute approximate surface area is 169 Å². The largest absolute Gasteiger partial charge is 0.387 e. The Morgan fingerprint density at radius 2 is 1.96 bits per heavy atom. The minimum absolute atomic E-state index is 0. The standard InChI is InChI=1S/C18H24FN3OS.HI/c1-3-20-18(21-11-13(2)17-5-4-10-24-17)22-12-16(23)14-6-8-15(19)9-7-14;/h4-10,13,16,23H,3,11-12H2,1-2H3,(H2,20,21,22);1H. The smallest absolute Gasteiger partial charge is 0.191 e. The summed E-state index contributed by atoms with van der Waals surface area (Å²) in [5, 5.41) is 18.6. The first-order valence-electron chi connectivity index (χ1n) is 8.09. The van der Waals surface area contributed by atoms with Gasteiger partial charge in [0.2, 0.25) is 0 Å². The van der Waals surface area contributed by atoms with E-state index in [2.05, 4.69) is 34.0 Å². The zero-order valence-corrected chi connectivity index (χ0v) is 17.6. The molecule has 0 aliphatic heterocycles. The van der Waals surface area contributed by atoms with Crippen molar-refractivity contribution < 1.29 is 9.50 Å². The Bertz CT molecular complexity index is 634. The minimum Gasteiger partial charge on any atom is -0.387 e. The van der Waals surface area contributed by atoms with Crippen molar-refractivity contribution in [2.45, 2.75) is 25.9 Å². The summed E-state index contributed by atoms with van der Waals surface area (Å²) >= 11 is 1.73. The van der Waals surface area contributed by atoms with Gasteiger partial charge in [-0.1, -0.05) is 25.1 Å². The lowest BCUT2D eigenvalue weighted by molar-refractivity contribution is 0.180. The molecule has 1 heterocycles. The molecule has 2 unspecified atom stereocenters. The normalized spacial score (nSPS) is 13.7. The Kier molecular flexibility index (Phi) is 9.99. The highest BCUT2D eigenvalue weighted by Gasteiger charge is 2.10. The number of halogens is 2. The van der Waals surface area contributed by atoms with Gasteiger partial charge in [-0.15, -0.1) is 35.3 Å². The summed E-state index contributed by atoms with van der Waals surface area (Å²) in [6.07, 6.45) is -0.718. The molecule has 0 spiro atoms. The van der Waals surface area contributed by atoms with Gasteiger partial charge in [-0.2, -0.15) is 0 Å². The second kappa shape index (κ2) is 11.4. The van der Waals surface area contributed by atoms with Crippen LogP contribution in [0.4, 0.5) is 4.39 Å². The fraction of sp³-hybridized carbons (Fsp3) is 0.389. The lowest BCUT2D eigenvalue weighted by Crippen LogP contribution is -2.39. The highest BCUT2D eigenvalue weighted by atomic mass is 127. The summed E-state index contributed by atoms with van der Waals surface area (Å²) in [6, 6.07) is 10.0. The molecule has 4 nitrogen and oxygen atoms in total. The van der Waals surface area contributed by atoms with E-state index < -0.39 is 6.10 Å². The lowest BCUT2D eigenvalue weighted by atomic mass is 10.1. The van der Waals surface area contributed by atoms with Crippen molar-refractivity contribution in [1.29, 1.82) is 0 Å². The van der Waals surface area contributed by atoms with E-state index >= 15 is 0 Å². The van der Waals surface area contributed by atoms with Crippen LogP contribution >= 0.6 is 35.3 Å². The highest BCUT2D eigenvalue weighted by molar-refractivity contribution is 14.0. The maximum absolute atomic E-state index is 12.9.